The Bertz CT molecular complexity index is 1960. The smallest absolute Gasteiger partial charge is 0.144 e. The highest BCUT2D eigenvalue weighted by atomic mass is 15.1. The molecule has 0 radical (unpaired) electrons. The van der Waals surface area contributed by atoms with Gasteiger partial charge < -0.3 is 0 Å². The second-order valence-corrected chi connectivity index (χ2v) is 13.5. The van der Waals surface area contributed by atoms with E-state index in [1.54, 1.807) is 0 Å². The molecule has 6 aromatic rings. The Balaban J connectivity index is 0.000000198. The molecule has 2 atom stereocenters. The standard InChI is InChI=1S/C26H32N2.C18H18N2/c1-8-22-15-18(4)25(19(5)16-22)28-14-13-27-26(28)24-12-10-9-11-23(24)21(7)20(6)17(2)3;1-13-11-14(2)17(15(3)12-13)20-10-9-19-18(20)16-7-5-4-6-8-16/h8-17,20-21H,1H2,2-7H3;4-12H,1-3H3/t20-,21?;/m0./s1. The lowest BCUT2D eigenvalue weighted by Gasteiger charge is -2.26. The van der Waals surface area contributed by atoms with E-state index in [-0.39, 0.29) is 0 Å². The first-order chi connectivity index (χ1) is 23.0. The summed E-state index contributed by atoms with van der Waals surface area (Å²) in [5.74, 6) is 3.70. The summed E-state index contributed by atoms with van der Waals surface area (Å²) in [5.41, 5.74) is 13.6. The van der Waals surface area contributed by atoms with Crippen LogP contribution in [0.3, 0.4) is 0 Å². The van der Waals surface area contributed by atoms with Gasteiger partial charge in [0.1, 0.15) is 11.6 Å². The van der Waals surface area contributed by atoms with Crippen LogP contribution in [0.15, 0.2) is 110 Å². The van der Waals surface area contributed by atoms with Crippen molar-refractivity contribution in [3.05, 3.63) is 149 Å². The lowest BCUT2D eigenvalue weighted by atomic mass is 9.80. The molecule has 4 aromatic carbocycles. The zero-order valence-electron chi connectivity index (χ0n) is 30.1. The minimum absolute atomic E-state index is 0.465. The number of nitrogens with zero attached hydrogens (tertiary/aromatic N) is 4. The molecule has 2 aromatic heterocycles. The maximum atomic E-state index is 4.78. The number of hydrogen-bond donors (Lipinski definition) is 0. The van der Waals surface area contributed by atoms with E-state index in [0.717, 1.165) is 22.8 Å². The quantitative estimate of drug-likeness (QED) is 0.167. The van der Waals surface area contributed by atoms with Gasteiger partial charge in [-0.2, -0.15) is 0 Å². The van der Waals surface area contributed by atoms with Gasteiger partial charge in [-0.3, -0.25) is 9.13 Å². The zero-order valence-corrected chi connectivity index (χ0v) is 30.1. The Morgan fingerprint density at radius 3 is 1.69 bits per heavy atom. The summed E-state index contributed by atoms with van der Waals surface area (Å²) < 4.78 is 4.42. The van der Waals surface area contributed by atoms with Crippen molar-refractivity contribution in [2.75, 3.05) is 0 Å². The number of rotatable bonds is 8. The average Bonchev–Trinajstić information content (AvgIpc) is 3.74. The second-order valence-electron chi connectivity index (χ2n) is 13.5. The highest BCUT2D eigenvalue weighted by Gasteiger charge is 2.23. The Morgan fingerprint density at radius 1 is 0.625 bits per heavy atom. The van der Waals surface area contributed by atoms with E-state index in [1.807, 2.05) is 42.9 Å². The molecule has 0 spiro atoms. The molecule has 6 rings (SSSR count). The van der Waals surface area contributed by atoms with Crippen molar-refractivity contribution in [3.8, 4) is 34.2 Å². The van der Waals surface area contributed by atoms with Crippen molar-refractivity contribution < 1.29 is 0 Å². The third-order valence-corrected chi connectivity index (χ3v) is 9.71. The van der Waals surface area contributed by atoms with Crippen LogP contribution in [-0.4, -0.2) is 19.1 Å². The van der Waals surface area contributed by atoms with E-state index in [0.29, 0.717) is 17.8 Å². The molecule has 4 heteroatoms. The summed E-state index contributed by atoms with van der Waals surface area (Å²) in [6.07, 6.45) is 9.78. The third kappa shape index (κ3) is 7.13. The largest absolute Gasteiger partial charge is 0.299 e. The molecule has 0 aliphatic rings. The molecule has 246 valence electrons. The Labute approximate surface area is 287 Å². The first kappa shape index (κ1) is 34.4. The van der Waals surface area contributed by atoms with Crippen molar-refractivity contribution in [1.29, 1.82) is 0 Å². The van der Waals surface area contributed by atoms with E-state index in [1.165, 1.54) is 50.3 Å². The zero-order chi connectivity index (χ0) is 34.5. The minimum atomic E-state index is 0.465. The highest BCUT2D eigenvalue weighted by molar-refractivity contribution is 5.67. The predicted molar refractivity (Wildman–Crippen MR) is 204 cm³/mol. The van der Waals surface area contributed by atoms with Gasteiger partial charge in [-0.15, -0.1) is 0 Å². The molecular weight excluding hydrogens is 585 g/mol. The van der Waals surface area contributed by atoms with Crippen LogP contribution in [-0.2, 0) is 0 Å². The van der Waals surface area contributed by atoms with Gasteiger partial charge in [0.05, 0.1) is 11.4 Å². The van der Waals surface area contributed by atoms with Crippen LogP contribution in [0.5, 0.6) is 0 Å². The number of hydrogen-bond acceptors (Lipinski definition) is 2. The van der Waals surface area contributed by atoms with Crippen molar-refractivity contribution in [2.45, 2.75) is 68.2 Å². The van der Waals surface area contributed by atoms with Crippen molar-refractivity contribution in [3.63, 3.8) is 0 Å². The topological polar surface area (TPSA) is 35.6 Å². The molecule has 1 unspecified atom stereocenters. The molecule has 0 bridgehead atoms. The molecule has 0 aliphatic carbocycles. The Hall–Kier alpha value is -4.96. The van der Waals surface area contributed by atoms with E-state index in [9.17, 15) is 0 Å². The van der Waals surface area contributed by atoms with Gasteiger partial charge in [-0.1, -0.05) is 113 Å². The third-order valence-electron chi connectivity index (χ3n) is 9.71. The lowest BCUT2D eigenvalue weighted by Crippen LogP contribution is -2.14. The molecule has 0 fully saturated rings. The predicted octanol–water partition coefficient (Wildman–Crippen LogP) is 11.7. The summed E-state index contributed by atoms with van der Waals surface area (Å²) in [4.78, 5) is 9.31. The fourth-order valence-corrected chi connectivity index (χ4v) is 6.97. The lowest BCUT2D eigenvalue weighted by molar-refractivity contribution is 0.363. The van der Waals surface area contributed by atoms with Gasteiger partial charge in [0.25, 0.3) is 0 Å². The van der Waals surface area contributed by atoms with Crippen LogP contribution < -0.4 is 0 Å². The van der Waals surface area contributed by atoms with E-state index in [4.69, 9.17) is 4.98 Å². The molecular formula is C44H50N4. The van der Waals surface area contributed by atoms with E-state index >= 15 is 0 Å². The average molecular weight is 635 g/mol. The maximum absolute atomic E-state index is 4.78. The van der Waals surface area contributed by atoms with E-state index < -0.39 is 0 Å². The second kappa shape index (κ2) is 14.9. The summed E-state index contributed by atoms with van der Waals surface area (Å²) in [7, 11) is 0. The van der Waals surface area contributed by atoms with Gasteiger partial charge in [0.15, 0.2) is 0 Å². The highest BCUT2D eigenvalue weighted by Crippen LogP contribution is 2.37. The van der Waals surface area contributed by atoms with Gasteiger partial charge in [-0.25, -0.2) is 9.97 Å². The molecule has 0 saturated heterocycles. The van der Waals surface area contributed by atoms with Crippen LogP contribution in [0.2, 0.25) is 0 Å². The maximum Gasteiger partial charge on any atom is 0.144 e. The SMILES string of the molecule is C=Cc1cc(C)c(-n2ccnc2-c2ccccc2C(C)[C@@H](C)C(C)C)c(C)c1.Cc1cc(C)c(-n2ccnc2-c2ccccc2)c(C)c1. The molecule has 0 amide bonds. The van der Waals surface area contributed by atoms with Crippen LogP contribution in [0.1, 0.15) is 72.6 Å². The van der Waals surface area contributed by atoms with Gasteiger partial charge in [0, 0.05) is 35.9 Å². The minimum Gasteiger partial charge on any atom is -0.299 e. The first-order valence-electron chi connectivity index (χ1n) is 17.1. The normalized spacial score (nSPS) is 12.4. The van der Waals surface area contributed by atoms with Gasteiger partial charge in [-0.05, 0) is 97.9 Å². The summed E-state index contributed by atoms with van der Waals surface area (Å²) in [5, 5.41) is 0. The number of imidazole rings is 2. The number of aryl methyl sites for hydroxylation is 5. The Kier molecular flexibility index (Phi) is 10.6. The summed E-state index contributed by atoms with van der Waals surface area (Å²) in [6, 6.07) is 27.9. The monoisotopic (exact) mass is 634 g/mol. The fourth-order valence-electron chi connectivity index (χ4n) is 6.97. The van der Waals surface area contributed by atoms with Crippen LogP contribution in [0.25, 0.3) is 40.2 Å². The van der Waals surface area contributed by atoms with Crippen molar-refractivity contribution in [2.24, 2.45) is 11.8 Å². The van der Waals surface area contributed by atoms with Crippen LogP contribution in [0.4, 0.5) is 0 Å². The van der Waals surface area contributed by atoms with Gasteiger partial charge >= 0.3 is 0 Å². The van der Waals surface area contributed by atoms with Crippen LogP contribution >= 0.6 is 0 Å². The molecule has 2 heterocycles. The molecule has 0 aliphatic heterocycles. The summed E-state index contributed by atoms with van der Waals surface area (Å²) >= 11 is 0. The number of aromatic nitrogens is 4. The Morgan fingerprint density at radius 2 is 1.12 bits per heavy atom. The van der Waals surface area contributed by atoms with E-state index in [2.05, 4.69) is 150 Å². The van der Waals surface area contributed by atoms with Crippen LogP contribution in [0, 0.1) is 46.5 Å². The molecule has 0 N–H and O–H groups in total. The number of benzene rings is 4. The van der Waals surface area contributed by atoms with Crippen molar-refractivity contribution in [1.82, 2.24) is 19.1 Å². The molecule has 0 saturated carbocycles. The molecule has 48 heavy (non-hydrogen) atoms. The van der Waals surface area contributed by atoms with Gasteiger partial charge in [0.2, 0.25) is 0 Å². The molecule has 4 nitrogen and oxygen atoms in total. The first-order valence-corrected chi connectivity index (χ1v) is 17.1. The summed E-state index contributed by atoms with van der Waals surface area (Å²) in [6.45, 7) is 24.0. The van der Waals surface area contributed by atoms with Crippen molar-refractivity contribution >= 4 is 6.08 Å². The fraction of sp³-hybridized carbons (Fsp3) is 0.273.